The third-order valence-electron chi connectivity index (χ3n) is 1.83. The molecule has 1 unspecified atom stereocenters. The molecule has 0 bridgehead atoms. The summed E-state index contributed by atoms with van der Waals surface area (Å²) in [7, 11) is 1.58. The van der Waals surface area contributed by atoms with Crippen molar-refractivity contribution < 1.29 is 14.3 Å². The van der Waals surface area contributed by atoms with Crippen molar-refractivity contribution in [1.82, 2.24) is 15.5 Å². The summed E-state index contributed by atoms with van der Waals surface area (Å²) < 4.78 is 5.00. The van der Waals surface area contributed by atoms with Gasteiger partial charge in [0.05, 0.1) is 6.54 Å². The number of hydrogen-bond donors (Lipinski definition) is 2. The molecule has 0 aliphatic carbocycles. The Morgan fingerprint density at radius 1 is 1.71 bits per heavy atom. The Kier molecular flexibility index (Phi) is 3.16. The Hall–Kier alpha value is -1.46. The molecule has 0 aromatic heterocycles. The van der Waals surface area contributed by atoms with Gasteiger partial charge in [-0.2, -0.15) is 0 Å². The minimum absolute atomic E-state index is 0.0258. The van der Waals surface area contributed by atoms with Gasteiger partial charge < -0.3 is 15.4 Å². The zero-order chi connectivity index (χ0) is 10.7. The van der Waals surface area contributed by atoms with Crippen LogP contribution in [0.4, 0.5) is 9.59 Å². The predicted octanol–water partition coefficient (Wildman–Crippen LogP) is 0.102. The van der Waals surface area contributed by atoms with Gasteiger partial charge in [0.15, 0.2) is 6.23 Å². The summed E-state index contributed by atoms with van der Waals surface area (Å²) >= 11 is 0. The van der Waals surface area contributed by atoms with Crippen LogP contribution in [-0.4, -0.2) is 42.9 Å². The maximum absolute atomic E-state index is 11.2. The van der Waals surface area contributed by atoms with E-state index in [-0.39, 0.29) is 12.1 Å². The summed E-state index contributed by atoms with van der Waals surface area (Å²) in [5.74, 6) is 0. The minimum atomic E-state index is -0.513. The summed E-state index contributed by atoms with van der Waals surface area (Å²) in [6.07, 6.45) is -1.02. The topological polar surface area (TPSA) is 70.7 Å². The van der Waals surface area contributed by atoms with Crippen molar-refractivity contribution in [2.24, 2.45) is 0 Å². The first-order valence-electron chi connectivity index (χ1n) is 4.48. The molecular weight excluding hydrogens is 186 g/mol. The van der Waals surface area contributed by atoms with Crippen molar-refractivity contribution in [2.75, 3.05) is 13.6 Å². The van der Waals surface area contributed by atoms with Crippen LogP contribution < -0.4 is 10.6 Å². The van der Waals surface area contributed by atoms with Crippen molar-refractivity contribution in [3.8, 4) is 0 Å². The Balaban J connectivity index is 2.38. The van der Waals surface area contributed by atoms with Gasteiger partial charge in [0.1, 0.15) is 0 Å². The van der Waals surface area contributed by atoms with E-state index in [4.69, 9.17) is 4.74 Å². The molecule has 3 amide bonds. The molecule has 1 saturated heterocycles. The molecule has 2 N–H and O–H groups in total. The van der Waals surface area contributed by atoms with Gasteiger partial charge >= 0.3 is 12.1 Å². The lowest BCUT2D eigenvalue weighted by Gasteiger charge is -2.19. The van der Waals surface area contributed by atoms with Crippen LogP contribution in [0.15, 0.2) is 0 Å². The third kappa shape index (κ3) is 2.51. The van der Waals surface area contributed by atoms with Gasteiger partial charge in [0.2, 0.25) is 0 Å². The Morgan fingerprint density at radius 3 is 2.79 bits per heavy atom. The van der Waals surface area contributed by atoms with Crippen molar-refractivity contribution in [3.05, 3.63) is 0 Å². The molecule has 0 spiro atoms. The lowest BCUT2D eigenvalue weighted by atomic mass is 10.4. The molecule has 6 heteroatoms. The monoisotopic (exact) mass is 201 g/mol. The van der Waals surface area contributed by atoms with Crippen LogP contribution in [0.1, 0.15) is 13.8 Å². The summed E-state index contributed by atoms with van der Waals surface area (Å²) in [6.45, 7) is 4.01. The second-order valence-corrected chi connectivity index (χ2v) is 3.46. The highest BCUT2D eigenvalue weighted by molar-refractivity contribution is 5.77. The van der Waals surface area contributed by atoms with Crippen molar-refractivity contribution in [1.29, 1.82) is 0 Å². The van der Waals surface area contributed by atoms with Crippen molar-refractivity contribution >= 4 is 12.1 Å². The number of nitrogens with zero attached hydrogens (tertiary/aromatic N) is 1. The van der Waals surface area contributed by atoms with E-state index in [0.717, 1.165) is 0 Å². The average molecular weight is 201 g/mol. The molecule has 1 rings (SSSR count). The molecule has 1 fully saturated rings. The standard InChI is InChI=1S/C8H15N3O3/c1-5(2)10-8(13)14-6-4-9-7(12)11(6)3/h5-6H,4H2,1-3H3,(H,9,12)(H,10,13). The first kappa shape index (κ1) is 10.6. The number of hydrogen-bond acceptors (Lipinski definition) is 3. The second-order valence-electron chi connectivity index (χ2n) is 3.46. The van der Waals surface area contributed by atoms with Gasteiger partial charge in [0.25, 0.3) is 0 Å². The Morgan fingerprint density at radius 2 is 2.36 bits per heavy atom. The number of ether oxygens (including phenoxy) is 1. The highest BCUT2D eigenvalue weighted by Gasteiger charge is 2.30. The summed E-state index contributed by atoms with van der Waals surface area (Å²) in [4.78, 5) is 23.5. The lowest BCUT2D eigenvalue weighted by Crippen LogP contribution is -2.39. The SMILES string of the molecule is CC(C)NC(=O)OC1CNC(=O)N1C. The Bertz CT molecular complexity index is 242. The Labute approximate surface area is 82.6 Å². The zero-order valence-electron chi connectivity index (χ0n) is 8.53. The maximum Gasteiger partial charge on any atom is 0.409 e. The molecule has 0 aromatic carbocycles. The van der Waals surface area contributed by atoms with E-state index >= 15 is 0 Å². The molecule has 14 heavy (non-hydrogen) atoms. The van der Waals surface area contributed by atoms with E-state index in [1.54, 1.807) is 7.05 Å². The van der Waals surface area contributed by atoms with E-state index in [1.165, 1.54) is 4.90 Å². The van der Waals surface area contributed by atoms with Crippen molar-refractivity contribution in [2.45, 2.75) is 26.1 Å². The van der Waals surface area contributed by atoms with E-state index in [9.17, 15) is 9.59 Å². The van der Waals surface area contributed by atoms with Crippen LogP contribution in [0.2, 0.25) is 0 Å². The molecule has 0 radical (unpaired) electrons. The van der Waals surface area contributed by atoms with Crippen LogP contribution in [0, 0.1) is 0 Å². The normalized spacial score (nSPS) is 21.0. The number of alkyl carbamates (subject to hydrolysis) is 1. The summed E-state index contributed by atoms with van der Waals surface area (Å²) in [5, 5.41) is 5.14. The molecule has 0 saturated carbocycles. The predicted molar refractivity (Wildman–Crippen MR) is 49.7 cm³/mol. The first-order chi connectivity index (χ1) is 6.50. The summed E-state index contributed by atoms with van der Waals surface area (Å²) in [5.41, 5.74) is 0. The fourth-order valence-corrected chi connectivity index (χ4v) is 1.08. The second kappa shape index (κ2) is 4.17. The van der Waals surface area contributed by atoms with Crippen LogP contribution in [-0.2, 0) is 4.74 Å². The number of amides is 3. The van der Waals surface area contributed by atoms with Crippen LogP contribution in [0.3, 0.4) is 0 Å². The largest absolute Gasteiger partial charge is 0.423 e. The molecule has 1 heterocycles. The van der Waals surface area contributed by atoms with Crippen LogP contribution >= 0.6 is 0 Å². The molecule has 1 aliphatic rings. The number of urea groups is 1. The van der Waals surface area contributed by atoms with E-state index < -0.39 is 12.3 Å². The number of nitrogens with one attached hydrogen (secondary N) is 2. The number of carbonyl (C=O) groups is 2. The molecule has 6 nitrogen and oxygen atoms in total. The molecule has 1 aliphatic heterocycles. The molecule has 0 aromatic rings. The van der Waals surface area contributed by atoms with Crippen LogP contribution in [0.25, 0.3) is 0 Å². The van der Waals surface area contributed by atoms with Crippen molar-refractivity contribution in [3.63, 3.8) is 0 Å². The van der Waals surface area contributed by atoms with Gasteiger partial charge in [-0.05, 0) is 13.8 Å². The van der Waals surface area contributed by atoms with Gasteiger partial charge in [-0.15, -0.1) is 0 Å². The maximum atomic E-state index is 11.2. The van der Waals surface area contributed by atoms with Gasteiger partial charge in [0, 0.05) is 13.1 Å². The quantitative estimate of drug-likeness (QED) is 0.665. The van der Waals surface area contributed by atoms with E-state index in [2.05, 4.69) is 10.6 Å². The molecule has 1 atom stereocenters. The van der Waals surface area contributed by atoms with Gasteiger partial charge in [-0.25, -0.2) is 9.59 Å². The lowest BCUT2D eigenvalue weighted by molar-refractivity contribution is 0.0441. The average Bonchev–Trinajstić information content (AvgIpc) is 2.34. The van der Waals surface area contributed by atoms with Crippen LogP contribution in [0.5, 0.6) is 0 Å². The van der Waals surface area contributed by atoms with Gasteiger partial charge in [-0.1, -0.05) is 0 Å². The summed E-state index contributed by atoms with van der Waals surface area (Å²) in [6, 6.07) is -0.204. The number of carbonyl (C=O) groups excluding carboxylic acids is 2. The third-order valence-corrected chi connectivity index (χ3v) is 1.83. The van der Waals surface area contributed by atoms with Gasteiger partial charge in [-0.3, -0.25) is 4.90 Å². The zero-order valence-corrected chi connectivity index (χ0v) is 8.53. The molecular formula is C8H15N3O3. The highest BCUT2D eigenvalue weighted by Crippen LogP contribution is 2.05. The van der Waals surface area contributed by atoms with E-state index in [0.29, 0.717) is 6.54 Å². The highest BCUT2D eigenvalue weighted by atomic mass is 16.6. The fraction of sp³-hybridized carbons (Fsp3) is 0.750. The minimum Gasteiger partial charge on any atom is -0.423 e. The first-order valence-corrected chi connectivity index (χ1v) is 4.48. The molecule has 80 valence electrons. The van der Waals surface area contributed by atoms with E-state index in [1.807, 2.05) is 13.8 Å². The fourth-order valence-electron chi connectivity index (χ4n) is 1.08. The number of likely N-dealkylation sites (N-methyl/N-ethyl adjacent to an activating group) is 1. The smallest absolute Gasteiger partial charge is 0.409 e. The number of rotatable bonds is 2.